The zero-order valence-corrected chi connectivity index (χ0v) is 12.3. The summed E-state index contributed by atoms with van der Waals surface area (Å²) in [4.78, 5) is 8.57. The van der Waals surface area contributed by atoms with Gasteiger partial charge in [0.2, 0.25) is 5.16 Å². The standard InChI is InChI=1S/C14H12F2N4S/c1-8-6-9(2)20-13(17-8)18-14(19-20)21-7-10-4-3-5-11(15)12(10)16/h3-6H,7H2,1-2H3. The third-order valence-corrected chi connectivity index (χ3v) is 3.87. The van der Waals surface area contributed by atoms with E-state index >= 15 is 0 Å². The molecule has 1 aromatic carbocycles. The number of hydrogen-bond donors (Lipinski definition) is 0. The number of fused-ring (bicyclic) bond motifs is 1. The number of aryl methyl sites for hydroxylation is 2. The van der Waals surface area contributed by atoms with E-state index in [4.69, 9.17) is 0 Å². The van der Waals surface area contributed by atoms with Gasteiger partial charge in [-0.15, -0.1) is 5.10 Å². The molecule has 3 rings (SSSR count). The van der Waals surface area contributed by atoms with Gasteiger partial charge in [0.25, 0.3) is 5.78 Å². The summed E-state index contributed by atoms with van der Waals surface area (Å²) in [5.74, 6) is -0.892. The molecule has 0 atom stereocenters. The first kappa shape index (κ1) is 13.9. The van der Waals surface area contributed by atoms with Crippen molar-refractivity contribution in [1.29, 1.82) is 0 Å². The van der Waals surface area contributed by atoms with Gasteiger partial charge >= 0.3 is 0 Å². The lowest BCUT2D eigenvalue weighted by atomic mass is 10.2. The molecular weight excluding hydrogens is 294 g/mol. The molecule has 21 heavy (non-hydrogen) atoms. The van der Waals surface area contributed by atoms with Crippen molar-refractivity contribution in [2.75, 3.05) is 0 Å². The van der Waals surface area contributed by atoms with E-state index in [9.17, 15) is 8.78 Å². The maximum atomic E-state index is 13.6. The predicted molar refractivity (Wildman–Crippen MR) is 76.2 cm³/mol. The van der Waals surface area contributed by atoms with Crippen LogP contribution >= 0.6 is 11.8 Å². The van der Waals surface area contributed by atoms with Crippen LogP contribution in [0.1, 0.15) is 17.0 Å². The number of hydrogen-bond acceptors (Lipinski definition) is 4. The summed E-state index contributed by atoms with van der Waals surface area (Å²) in [6.45, 7) is 3.80. The second-order valence-electron chi connectivity index (χ2n) is 4.65. The molecule has 3 aromatic rings. The van der Waals surface area contributed by atoms with Crippen LogP contribution in [0.4, 0.5) is 8.78 Å². The first-order chi connectivity index (χ1) is 10.0. The Morgan fingerprint density at radius 1 is 1.19 bits per heavy atom. The summed E-state index contributed by atoms with van der Waals surface area (Å²) < 4.78 is 28.4. The third kappa shape index (κ3) is 2.73. The van der Waals surface area contributed by atoms with E-state index in [-0.39, 0.29) is 5.75 Å². The van der Waals surface area contributed by atoms with E-state index in [2.05, 4.69) is 15.1 Å². The van der Waals surface area contributed by atoms with Crippen molar-refractivity contribution in [3.63, 3.8) is 0 Å². The van der Waals surface area contributed by atoms with Crippen LogP contribution in [0.2, 0.25) is 0 Å². The summed E-state index contributed by atoms with van der Waals surface area (Å²) in [6.07, 6.45) is 0. The van der Waals surface area contributed by atoms with Gasteiger partial charge in [0.15, 0.2) is 11.6 Å². The van der Waals surface area contributed by atoms with Crippen LogP contribution in [0.3, 0.4) is 0 Å². The highest BCUT2D eigenvalue weighted by Crippen LogP contribution is 2.23. The molecule has 0 radical (unpaired) electrons. The Morgan fingerprint density at radius 2 is 2.00 bits per heavy atom. The van der Waals surface area contributed by atoms with Gasteiger partial charge in [-0.2, -0.15) is 4.98 Å². The van der Waals surface area contributed by atoms with Crippen molar-refractivity contribution in [1.82, 2.24) is 19.6 Å². The Kier molecular flexibility index (Phi) is 3.59. The monoisotopic (exact) mass is 306 g/mol. The molecule has 0 fully saturated rings. The van der Waals surface area contributed by atoms with Gasteiger partial charge in [0.05, 0.1) is 0 Å². The van der Waals surface area contributed by atoms with Crippen molar-refractivity contribution in [3.05, 3.63) is 52.9 Å². The van der Waals surface area contributed by atoms with Crippen LogP contribution in [0.25, 0.3) is 5.78 Å². The van der Waals surface area contributed by atoms with E-state index < -0.39 is 11.6 Å². The number of nitrogens with zero attached hydrogens (tertiary/aromatic N) is 4. The zero-order valence-electron chi connectivity index (χ0n) is 11.5. The predicted octanol–water partition coefficient (Wildman–Crippen LogP) is 3.31. The summed E-state index contributed by atoms with van der Waals surface area (Å²) in [5, 5.41) is 4.80. The summed E-state index contributed by atoms with van der Waals surface area (Å²) in [5.41, 5.74) is 2.08. The first-order valence-corrected chi connectivity index (χ1v) is 7.30. The minimum atomic E-state index is -0.843. The Hall–Kier alpha value is -2.02. The maximum absolute atomic E-state index is 13.6. The van der Waals surface area contributed by atoms with Crippen LogP contribution in [0, 0.1) is 25.5 Å². The Balaban J connectivity index is 1.85. The molecule has 0 saturated heterocycles. The van der Waals surface area contributed by atoms with Gasteiger partial charge in [-0.05, 0) is 26.0 Å². The van der Waals surface area contributed by atoms with Gasteiger partial charge in [-0.25, -0.2) is 18.3 Å². The first-order valence-electron chi connectivity index (χ1n) is 6.31. The van der Waals surface area contributed by atoms with E-state index in [1.165, 1.54) is 17.8 Å². The lowest BCUT2D eigenvalue weighted by molar-refractivity contribution is 0.502. The van der Waals surface area contributed by atoms with Gasteiger partial charge in [0, 0.05) is 22.7 Å². The van der Waals surface area contributed by atoms with E-state index in [1.807, 2.05) is 19.9 Å². The molecule has 2 aromatic heterocycles. The fourth-order valence-corrected chi connectivity index (χ4v) is 2.80. The molecule has 0 N–H and O–H groups in total. The van der Waals surface area contributed by atoms with Crippen LogP contribution in [0.5, 0.6) is 0 Å². The van der Waals surface area contributed by atoms with Gasteiger partial charge in [-0.1, -0.05) is 23.9 Å². The molecule has 7 heteroatoms. The zero-order chi connectivity index (χ0) is 15.0. The molecule has 0 amide bonds. The van der Waals surface area contributed by atoms with Crippen molar-refractivity contribution in [2.24, 2.45) is 0 Å². The van der Waals surface area contributed by atoms with Crippen molar-refractivity contribution >= 4 is 17.5 Å². The average Bonchev–Trinajstić information content (AvgIpc) is 2.83. The molecule has 0 spiro atoms. The van der Waals surface area contributed by atoms with Gasteiger partial charge in [0.1, 0.15) is 0 Å². The molecule has 0 saturated carbocycles. The summed E-state index contributed by atoms with van der Waals surface area (Å²) in [6, 6.07) is 6.04. The van der Waals surface area contributed by atoms with Crippen LogP contribution < -0.4 is 0 Å². The molecule has 108 valence electrons. The second-order valence-corrected chi connectivity index (χ2v) is 5.59. The van der Waals surface area contributed by atoms with Gasteiger partial charge in [-0.3, -0.25) is 0 Å². The normalized spacial score (nSPS) is 11.2. The van der Waals surface area contributed by atoms with Crippen LogP contribution in [-0.4, -0.2) is 19.6 Å². The topological polar surface area (TPSA) is 43.1 Å². The van der Waals surface area contributed by atoms with E-state index in [0.717, 1.165) is 17.5 Å². The number of thioether (sulfide) groups is 1. The fourth-order valence-electron chi connectivity index (χ4n) is 2.01. The van der Waals surface area contributed by atoms with E-state index in [0.29, 0.717) is 16.5 Å². The van der Waals surface area contributed by atoms with E-state index in [1.54, 1.807) is 10.6 Å². The van der Waals surface area contributed by atoms with Crippen molar-refractivity contribution < 1.29 is 8.78 Å². The quantitative estimate of drug-likeness (QED) is 0.696. The molecule has 4 nitrogen and oxygen atoms in total. The highest BCUT2D eigenvalue weighted by molar-refractivity contribution is 7.98. The average molecular weight is 306 g/mol. The molecule has 0 aliphatic heterocycles. The lowest BCUT2D eigenvalue weighted by Crippen LogP contribution is -1.97. The Bertz CT molecular complexity index is 816. The second kappa shape index (κ2) is 5.40. The molecule has 0 bridgehead atoms. The highest BCUT2D eigenvalue weighted by atomic mass is 32.2. The molecule has 0 unspecified atom stereocenters. The fraction of sp³-hybridized carbons (Fsp3) is 0.214. The number of rotatable bonds is 3. The summed E-state index contributed by atoms with van der Waals surface area (Å²) in [7, 11) is 0. The largest absolute Gasteiger partial charge is 0.253 e. The van der Waals surface area contributed by atoms with Crippen LogP contribution in [0.15, 0.2) is 29.4 Å². The Morgan fingerprint density at radius 3 is 2.81 bits per heavy atom. The minimum Gasteiger partial charge on any atom is -0.216 e. The molecule has 0 aliphatic carbocycles. The lowest BCUT2D eigenvalue weighted by Gasteiger charge is -2.01. The highest BCUT2D eigenvalue weighted by Gasteiger charge is 2.11. The van der Waals surface area contributed by atoms with Crippen molar-refractivity contribution in [2.45, 2.75) is 24.8 Å². The SMILES string of the molecule is Cc1cc(C)n2nc(SCc3cccc(F)c3F)nc2n1. The molecular formula is C14H12F2N4S. The molecule has 2 heterocycles. The smallest absolute Gasteiger partial charge is 0.216 e. The third-order valence-electron chi connectivity index (χ3n) is 2.99. The maximum Gasteiger partial charge on any atom is 0.253 e. The molecule has 0 aliphatic rings. The Labute approximate surface area is 124 Å². The number of benzene rings is 1. The number of aromatic nitrogens is 4. The van der Waals surface area contributed by atoms with Gasteiger partial charge < -0.3 is 0 Å². The van der Waals surface area contributed by atoms with Crippen molar-refractivity contribution in [3.8, 4) is 0 Å². The van der Waals surface area contributed by atoms with Crippen LogP contribution in [-0.2, 0) is 5.75 Å². The minimum absolute atomic E-state index is 0.262. The number of halogens is 2. The summed E-state index contributed by atoms with van der Waals surface area (Å²) >= 11 is 1.25.